The molecule has 1 saturated heterocycles. The molecule has 0 aromatic heterocycles. The third-order valence-electron chi connectivity index (χ3n) is 4.94. The number of carboxylic acids is 1. The van der Waals surface area contributed by atoms with Crippen molar-refractivity contribution >= 4 is 50.8 Å². The number of anilines is 1. The number of halogens is 2. The molecule has 1 heterocycles. The molecule has 1 fully saturated rings. The van der Waals surface area contributed by atoms with Crippen LogP contribution < -0.4 is 5.32 Å². The highest BCUT2D eigenvalue weighted by atomic mass is 35.5. The van der Waals surface area contributed by atoms with Crippen LogP contribution in [-0.4, -0.2) is 42.8 Å². The van der Waals surface area contributed by atoms with Crippen molar-refractivity contribution in [3.05, 3.63) is 63.6 Å². The van der Waals surface area contributed by atoms with Crippen molar-refractivity contribution in [3.63, 3.8) is 0 Å². The van der Waals surface area contributed by atoms with Gasteiger partial charge < -0.3 is 10.4 Å². The fourth-order valence-corrected chi connectivity index (χ4v) is 5.66. The number of hydrogen-bond donors (Lipinski definition) is 2. The second kappa shape index (κ2) is 9.34. The van der Waals surface area contributed by atoms with Gasteiger partial charge in [0.1, 0.15) is 0 Å². The maximum absolute atomic E-state index is 12.9. The Morgan fingerprint density at radius 2 is 1.73 bits per heavy atom. The van der Waals surface area contributed by atoms with Crippen LogP contribution in [0.3, 0.4) is 0 Å². The number of nitrogens with zero attached hydrogens (tertiary/aromatic N) is 1. The lowest BCUT2D eigenvalue weighted by Gasteiger charge is -2.31. The van der Waals surface area contributed by atoms with Crippen molar-refractivity contribution in [2.75, 3.05) is 18.4 Å². The Morgan fingerprint density at radius 1 is 1.10 bits per heavy atom. The summed E-state index contributed by atoms with van der Waals surface area (Å²) in [5.41, 5.74) is 0.903. The van der Waals surface area contributed by atoms with Crippen LogP contribution in [0.25, 0.3) is 0 Å². The first kappa shape index (κ1) is 22.6. The molecule has 0 saturated carbocycles. The topological polar surface area (TPSA) is 104 Å². The highest BCUT2D eigenvalue weighted by Gasteiger charge is 2.33. The van der Waals surface area contributed by atoms with Gasteiger partial charge in [0.15, 0.2) is 0 Å². The Bertz CT molecular complexity index is 1040. The van der Waals surface area contributed by atoms with Gasteiger partial charge in [-0.3, -0.25) is 4.79 Å². The van der Waals surface area contributed by atoms with Crippen LogP contribution in [0.2, 0.25) is 10.0 Å². The molecule has 1 aliphatic rings. The molecule has 0 radical (unpaired) electrons. The summed E-state index contributed by atoms with van der Waals surface area (Å²) in [7, 11) is -3.72. The van der Waals surface area contributed by atoms with E-state index in [2.05, 4.69) is 5.32 Å². The SMILES string of the molecule is O=C(O)c1ccc(NC(=O)C2CCCN(S(=O)(=O)Cc3c(Cl)cccc3Cl)C2)cc1. The zero-order chi connectivity index (χ0) is 21.9. The van der Waals surface area contributed by atoms with Gasteiger partial charge in [0, 0.05) is 34.4 Å². The summed E-state index contributed by atoms with van der Waals surface area (Å²) >= 11 is 12.2. The molecule has 0 spiro atoms. The van der Waals surface area contributed by atoms with E-state index in [9.17, 15) is 18.0 Å². The molecular formula is C20H20Cl2N2O5S. The largest absolute Gasteiger partial charge is 0.478 e. The third kappa shape index (κ3) is 5.31. The normalized spacial score (nSPS) is 17.5. The summed E-state index contributed by atoms with van der Waals surface area (Å²) in [5.74, 6) is -2.22. The molecule has 7 nitrogen and oxygen atoms in total. The van der Waals surface area contributed by atoms with Crippen molar-refractivity contribution < 1.29 is 23.1 Å². The summed E-state index contributed by atoms with van der Waals surface area (Å²) < 4.78 is 27.1. The van der Waals surface area contributed by atoms with Crippen LogP contribution in [0.15, 0.2) is 42.5 Å². The lowest BCUT2D eigenvalue weighted by Crippen LogP contribution is -2.44. The van der Waals surface area contributed by atoms with Gasteiger partial charge >= 0.3 is 5.97 Å². The molecule has 1 amide bonds. The van der Waals surface area contributed by atoms with Crippen LogP contribution in [-0.2, 0) is 20.6 Å². The molecule has 1 atom stereocenters. The van der Waals surface area contributed by atoms with Crippen molar-refractivity contribution in [2.45, 2.75) is 18.6 Å². The van der Waals surface area contributed by atoms with E-state index in [-0.39, 0.29) is 33.8 Å². The number of carbonyl (C=O) groups excluding carboxylic acids is 1. The van der Waals surface area contributed by atoms with Crippen molar-refractivity contribution in [1.29, 1.82) is 0 Å². The summed E-state index contributed by atoms with van der Waals surface area (Å²) in [6, 6.07) is 10.6. The number of amides is 1. The smallest absolute Gasteiger partial charge is 0.335 e. The molecule has 2 aromatic carbocycles. The first-order valence-electron chi connectivity index (χ1n) is 9.22. The highest BCUT2D eigenvalue weighted by Crippen LogP contribution is 2.29. The minimum Gasteiger partial charge on any atom is -0.478 e. The number of carboxylic acid groups (broad SMARTS) is 1. The summed E-state index contributed by atoms with van der Waals surface area (Å²) in [6.07, 6.45) is 1.10. The zero-order valence-corrected chi connectivity index (χ0v) is 18.2. The molecule has 0 aliphatic carbocycles. The van der Waals surface area contributed by atoms with Gasteiger partial charge in [-0.15, -0.1) is 0 Å². The Labute approximate surface area is 184 Å². The molecule has 10 heteroatoms. The Kier molecular flexibility index (Phi) is 7.02. The average molecular weight is 471 g/mol. The average Bonchev–Trinajstić information content (AvgIpc) is 2.71. The van der Waals surface area contributed by atoms with Crippen LogP contribution in [0, 0.1) is 5.92 Å². The monoisotopic (exact) mass is 470 g/mol. The van der Waals surface area contributed by atoms with E-state index in [4.69, 9.17) is 28.3 Å². The van der Waals surface area contributed by atoms with E-state index >= 15 is 0 Å². The molecule has 2 aromatic rings. The minimum atomic E-state index is -3.72. The van der Waals surface area contributed by atoms with Crippen molar-refractivity contribution in [3.8, 4) is 0 Å². The van der Waals surface area contributed by atoms with E-state index in [0.29, 0.717) is 30.6 Å². The van der Waals surface area contributed by atoms with E-state index in [1.54, 1.807) is 18.2 Å². The maximum Gasteiger partial charge on any atom is 0.335 e. The number of nitrogens with one attached hydrogen (secondary N) is 1. The quantitative estimate of drug-likeness (QED) is 0.666. The molecule has 3 rings (SSSR count). The van der Waals surface area contributed by atoms with Gasteiger partial charge in [-0.05, 0) is 49.2 Å². The predicted molar refractivity (Wildman–Crippen MR) is 115 cm³/mol. The summed E-state index contributed by atoms with van der Waals surface area (Å²) in [6.45, 7) is 0.380. The van der Waals surface area contributed by atoms with Gasteiger partial charge in [0.2, 0.25) is 15.9 Å². The third-order valence-corrected chi connectivity index (χ3v) is 7.42. The second-order valence-electron chi connectivity index (χ2n) is 7.03. The van der Waals surface area contributed by atoms with E-state index < -0.39 is 21.9 Å². The van der Waals surface area contributed by atoms with Gasteiger partial charge in [-0.1, -0.05) is 29.3 Å². The van der Waals surface area contributed by atoms with Crippen LogP contribution >= 0.6 is 23.2 Å². The van der Waals surface area contributed by atoms with Crippen LogP contribution in [0.4, 0.5) is 5.69 Å². The molecular weight excluding hydrogens is 451 g/mol. The molecule has 30 heavy (non-hydrogen) atoms. The number of benzene rings is 2. The number of carbonyl (C=O) groups is 2. The number of hydrogen-bond acceptors (Lipinski definition) is 4. The number of aromatic carboxylic acids is 1. The molecule has 1 unspecified atom stereocenters. The van der Waals surface area contributed by atoms with Gasteiger partial charge in [0.05, 0.1) is 17.2 Å². The molecule has 2 N–H and O–H groups in total. The van der Waals surface area contributed by atoms with Gasteiger partial charge in [-0.25, -0.2) is 17.5 Å². The highest BCUT2D eigenvalue weighted by molar-refractivity contribution is 7.88. The number of sulfonamides is 1. The van der Waals surface area contributed by atoms with Gasteiger partial charge in [0.25, 0.3) is 0 Å². The second-order valence-corrected chi connectivity index (χ2v) is 9.81. The van der Waals surface area contributed by atoms with Crippen molar-refractivity contribution in [2.24, 2.45) is 5.92 Å². The first-order valence-corrected chi connectivity index (χ1v) is 11.6. The Morgan fingerprint density at radius 3 is 2.33 bits per heavy atom. The molecule has 1 aliphatic heterocycles. The Balaban J connectivity index is 1.68. The lowest BCUT2D eigenvalue weighted by atomic mass is 9.98. The number of rotatable bonds is 6. The standard InChI is InChI=1S/C20H20Cl2N2O5S/c21-17-4-1-5-18(22)16(17)12-30(28,29)24-10-2-3-14(11-24)19(25)23-15-8-6-13(7-9-15)20(26)27/h1,4-9,14H,2-3,10-12H2,(H,23,25)(H,26,27). The fourth-order valence-electron chi connectivity index (χ4n) is 3.29. The predicted octanol–water partition coefficient (Wildman–Crippen LogP) is 3.87. The van der Waals surface area contributed by atoms with E-state index in [1.807, 2.05) is 0 Å². The van der Waals surface area contributed by atoms with Crippen LogP contribution in [0.1, 0.15) is 28.8 Å². The minimum absolute atomic E-state index is 0.0590. The first-order chi connectivity index (χ1) is 14.2. The lowest BCUT2D eigenvalue weighted by molar-refractivity contribution is -0.120. The fraction of sp³-hybridized carbons (Fsp3) is 0.300. The molecule has 0 bridgehead atoms. The van der Waals surface area contributed by atoms with E-state index in [1.165, 1.54) is 28.6 Å². The zero-order valence-electron chi connectivity index (χ0n) is 15.8. The van der Waals surface area contributed by atoms with Crippen molar-refractivity contribution in [1.82, 2.24) is 4.31 Å². The number of piperidine rings is 1. The summed E-state index contributed by atoms with van der Waals surface area (Å²) in [5, 5.41) is 12.2. The summed E-state index contributed by atoms with van der Waals surface area (Å²) in [4.78, 5) is 23.6. The maximum atomic E-state index is 12.9. The molecule has 160 valence electrons. The van der Waals surface area contributed by atoms with Gasteiger partial charge in [-0.2, -0.15) is 0 Å². The van der Waals surface area contributed by atoms with Crippen LogP contribution in [0.5, 0.6) is 0 Å². The Hall–Kier alpha value is -2.13. The van der Waals surface area contributed by atoms with E-state index in [0.717, 1.165) is 0 Å².